The van der Waals surface area contributed by atoms with Crippen LogP contribution in [-0.2, 0) is 9.53 Å². The van der Waals surface area contributed by atoms with Crippen LogP contribution in [0.3, 0.4) is 0 Å². The fraction of sp³-hybridized carbons (Fsp3) is 0.696. The second-order valence-electron chi connectivity index (χ2n) is 8.31. The van der Waals surface area contributed by atoms with Crippen LogP contribution < -0.4 is 5.32 Å². The van der Waals surface area contributed by atoms with E-state index < -0.39 is 29.7 Å². The first-order valence-electron chi connectivity index (χ1n) is 10.9. The highest BCUT2D eigenvalue weighted by molar-refractivity contribution is 5.99. The summed E-state index contributed by atoms with van der Waals surface area (Å²) in [5, 5.41) is 21.0. The molecule has 4 amide bonds. The number of unbranched alkanes of at least 4 members (excludes halogenated alkanes) is 2. The molecule has 0 aromatic rings. The van der Waals surface area contributed by atoms with Gasteiger partial charge in [-0.25, -0.2) is 19.3 Å². The zero-order valence-electron chi connectivity index (χ0n) is 21.0. The summed E-state index contributed by atoms with van der Waals surface area (Å²) in [6.07, 6.45) is 7.31. The molecular formula is C23H43N3O6. The fourth-order valence-corrected chi connectivity index (χ4v) is 2.34. The van der Waals surface area contributed by atoms with Crippen molar-refractivity contribution in [3.8, 4) is 0 Å². The molecule has 1 aliphatic heterocycles. The van der Waals surface area contributed by atoms with Crippen molar-refractivity contribution in [3.63, 3.8) is 0 Å². The molecule has 0 aliphatic carbocycles. The number of imide groups is 1. The topological polar surface area (TPSA) is 119 Å². The van der Waals surface area contributed by atoms with E-state index in [1.165, 1.54) is 45.1 Å². The molecule has 1 heterocycles. The molecule has 1 aliphatic rings. The highest BCUT2D eigenvalue weighted by atomic mass is 16.5. The minimum Gasteiger partial charge on any atom is -0.480 e. The summed E-state index contributed by atoms with van der Waals surface area (Å²) in [6, 6.07) is -2.94. The smallest absolute Gasteiger partial charge is 0.332 e. The van der Waals surface area contributed by atoms with Gasteiger partial charge in [0.05, 0.1) is 12.1 Å². The summed E-state index contributed by atoms with van der Waals surface area (Å²) in [4.78, 5) is 37.2. The molecule has 1 saturated heterocycles. The van der Waals surface area contributed by atoms with Crippen LogP contribution in [0, 0.1) is 5.92 Å². The van der Waals surface area contributed by atoms with Crippen LogP contribution in [0.4, 0.5) is 9.59 Å². The van der Waals surface area contributed by atoms with E-state index >= 15 is 0 Å². The Kier molecular flexibility index (Phi) is 16.2. The number of allylic oxidation sites excluding steroid dienone is 2. The number of aliphatic hydroxyl groups is 1. The molecule has 9 nitrogen and oxygen atoms in total. The number of aliphatic carboxylic acids is 1. The van der Waals surface area contributed by atoms with Gasteiger partial charge in [0.15, 0.2) is 6.04 Å². The van der Waals surface area contributed by atoms with Crippen molar-refractivity contribution in [2.24, 2.45) is 5.92 Å². The number of amides is 4. The highest BCUT2D eigenvalue weighted by Crippen LogP contribution is 2.19. The Morgan fingerprint density at radius 3 is 2.19 bits per heavy atom. The van der Waals surface area contributed by atoms with Gasteiger partial charge in [-0.2, -0.15) is 0 Å². The second-order valence-corrected chi connectivity index (χ2v) is 8.31. The van der Waals surface area contributed by atoms with E-state index in [2.05, 4.69) is 32.7 Å². The van der Waals surface area contributed by atoms with E-state index in [1.807, 2.05) is 6.08 Å². The van der Waals surface area contributed by atoms with Crippen molar-refractivity contribution in [2.45, 2.75) is 72.4 Å². The SMILES string of the molecule is C/C=C1\CN(C)C(=O)N1C(=O)N[C@H](C(=O)O)C(C)(C)O.C=CC(C)C.CCCCCOC. The number of ether oxygens (including phenoxy) is 1. The summed E-state index contributed by atoms with van der Waals surface area (Å²) in [7, 11) is 3.28. The first kappa shape index (κ1) is 31.8. The van der Waals surface area contributed by atoms with Crippen molar-refractivity contribution >= 4 is 18.0 Å². The van der Waals surface area contributed by atoms with Crippen molar-refractivity contribution < 1.29 is 29.3 Å². The zero-order chi connectivity index (χ0) is 25.5. The Balaban J connectivity index is 0. The lowest BCUT2D eigenvalue weighted by atomic mass is 9.99. The van der Waals surface area contributed by atoms with Crippen LogP contribution in [0.1, 0.15) is 60.8 Å². The van der Waals surface area contributed by atoms with Gasteiger partial charge >= 0.3 is 18.0 Å². The van der Waals surface area contributed by atoms with Crippen molar-refractivity contribution in [2.75, 3.05) is 27.3 Å². The van der Waals surface area contributed by atoms with Gasteiger partial charge in [0.25, 0.3) is 0 Å². The number of carbonyl (C=O) groups excluding carboxylic acids is 2. The number of nitrogens with zero attached hydrogens (tertiary/aromatic N) is 2. The lowest BCUT2D eigenvalue weighted by molar-refractivity contribution is -0.145. The number of carboxylic acid groups (broad SMARTS) is 1. The Morgan fingerprint density at radius 1 is 1.31 bits per heavy atom. The lowest BCUT2D eigenvalue weighted by Gasteiger charge is -2.28. The van der Waals surface area contributed by atoms with Gasteiger partial charge in [0.1, 0.15) is 0 Å². The predicted molar refractivity (Wildman–Crippen MR) is 126 cm³/mol. The van der Waals surface area contributed by atoms with Gasteiger partial charge in [-0.15, -0.1) is 6.58 Å². The number of likely N-dealkylation sites (N-methyl/N-ethyl adjacent to an activating group) is 1. The maximum Gasteiger partial charge on any atom is 0.332 e. The Morgan fingerprint density at radius 2 is 1.84 bits per heavy atom. The number of carbonyl (C=O) groups is 3. The summed E-state index contributed by atoms with van der Waals surface area (Å²) in [6.45, 7) is 15.4. The van der Waals surface area contributed by atoms with Gasteiger partial charge in [0.2, 0.25) is 0 Å². The van der Waals surface area contributed by atoms with E-state index in [4.69, 9.17) is 9.84 Å². The highest BCUT2D eigenvalue weighted by Gasteiger charge is 2.40. The minimum absolute atomic E-state index is 0.267. The summed E-state index contributed by atoms with van der Waals surface area (Å²) < 4.78 is 4.84. The normalized spacial score (nSPS) is 15.6. The third kappa shape index (κ3) is 12.5. The average molecular weight is 458 g/mol. The number of carboxylic acids is 1. The van der Waals surface area contributed by atoms with Crippen LogP contribution in [0.5, 0.6) is 0 Å². The second kappa shape index (κ2) is 16.3. The predicted octanol–water partition coefficient (Wildman–Crippen LogP) is 3.84. The molecule has 9 heteroatoms. The van der Waals surface area contributed by atoms with Gasteiger partial charge in [-0.1, -0.05) is 45.8 Å². The molecule has 3 N–H and O–H groups in total. The van der Waals surface area contributed by atoms with E-state index in [-0.39, 0.29) is 6.54 Å². The third-order valence-electron chi connectivity index (χ3n) is 4.39. The maximum absolute atomic E-state index is 12.1. The molecule has 0 unspecified atom stereocenters. The van der Waals surface area contributed by atoms with Crippen LogP contribution >= 0.6 is 0 Å². The van der Waals surface area contributed by atoms with E-state index in [0.717, 1.165) is 11.5 Å². The Bertz CT molecular complexity index is 622. The first-order chi connectivity index (χ1) is 14.8. The molecule has 0 saturated carbocycles. The number of methoxy groups -OCH3 is 1. The molecule has 1 rings (SSSR count). The molecule has 1 atom stereocenters. The van der Waals surface area contributed by atoms with E-state index in [1.54, 1.807) is 20.1 Å². The number of rotatable bonds is 8. The number of hydrogen-bond acceptors (Lipinski definition) is 5. The monoisotopic (exact) mass is 457 g/mol. The standard InChI is InChI=1S/C12H19N3O5.C6H14O.C5H10/c1-5-7-6-14(4)11(19)15(7)10(18)13-8(9(16)17)12(2,3)20;1-3-4-5-6-7-2;1-4-5(2)3/h5,8,20H,6H2,1-4H3,(H,13,18)(H,16,17);3-6H2,1-2H3;4-5H,1H2,2-3H3/b7-5+;;/t8-;;/m1../s1. The fourth-order valence-electron chi connectivity index (χ4n) is 2.34. The molecule has 0 aromatic carbocycles. The summed E-state index contributed by atoms with van der Waals surface area (Å²) in [5.74, 6) is -0.733. The summed E-state index contributed by atoms with van der Waals surface area (Å²) in [5.41, 5.74) is -1.21. The van der Waals surface area contributed by atoms with E-state index in [9.17, 15) is 19.5 Å². The Hall–Kier alpha value is -2.39. The van der Waals surface area contributed by atoms with Gasteiger partial charge in [-0.3, -0.25) is 0 Å². The molecule has 32 heavy (non-hydrogen) atoms. The van der Waals surface area contributed by atoms with Crippen LogP contribution in [-0.4, -0.2) is 77.0 Å². The van der Waals surface area contributed by atoms with Crippen LogP contribution in [0.2, 0.25) is 0 Å². The molecule has 186 valence electrons. The van der Waals surface area contributed by atoms with Gasteiger partial charge < -0.3 is 25.2 Å². The molecule has 1 fully saturated rings. The minimum atomic E-state index is -1.66. The largest absolute Gasteiger partial charge is 0.480 e. The van der Waals surface area contributed by atoms with Crippen molar-refractivity contribution in [1.82, 2.24) is 15.1 Å². The van der Waals surface area contributed by atoms with Crippen LogP contribution in [0.25, 0.3) is 0 Å². The summed E-state index contributed by atoms with van der Waals surface area (Å²) >= 11 is 0. The number of nitrogens with one attached hydrogen (secondary N) is 1. The quantitative estimate of drug-likeness (QED) is 0.376. The zero-order valence-corrected chi connectivity index (χ0v) is 21.0. The van der Waals surface area contributed by atoms with E-state index in [0.29, 0.717) is 11.6 Å². The number of hydrogen-bond donors (Lipinski definition) is 3. The number of urea groups is 2. The lowest BCUT2D eigenvalue weighted by Crippen LogP contribution is -2.57. The third-order valence-corrected chi connectivity index (χ3v) is 4.39. The molecular weight excluding hydrogens is 414 g/mol. The average Bonchev–Trinajstić information content (AvgIpc) is 3.00. The van der Waals surface area contributed by atoms with Gasteiger partial charge in [-0.05, 0) is 33.1 Å². The Labute approximate surface area is 193 Å². The maximum atomic E-state index is 12.1. The van der Waals surface area contributed by atoms with Crippen molar-refractivity contribution in [3.05, 3.63) is 24.4 Å². The molecule has 0 bridgehead atoms. The van der Waals surface area contributed by atoms with Gasteiger partial charge in [0, 0.05) is 26.5 Å². The van der Waals surface area contributed by atoms with Crippen molar-refractivity contribution in [1.29, 1.82) is 0 Å². The molecule has 0 spiro atoms. The molecule has 0 aromatic heterocycles. The molecule has 0 radical (unpaired) electrons. The first-order valence-corrected chi connectivity index (χ1v) is 10.9. The van der Waals surface area contributed by atoms with Crippen LogP contribution in [0.15, 0.2) is 24.4 Å².